The highest BCUT2D eigenvalue weighted by molar-refractivity contribution is 6.31. The summed E-state index contributed by atoms with van der Waals surface area (Å²) in [5.74, 6) is 0.931. The third kappa shape index (κ3) is 2.82. The van der Waals surface area contributed by atoms with Crippen LogP contribution in [0.1, 0.15) is 43.0 Å². The first-order chi connectivity index (χ1) is 10.5. The molecule has 0 bridgehead atoms. The van der Waals surface area contributed by atoms with Crippen LogP contribution in [-0.4, -0.2) is 15.1 Å². The molecule has 3 rings (SSSR count). The highest BCUT2D eigenvalue weighted by Crippen LogP contribution is 2.34. The number of nitro groups is 1. The van der Waals surface area contributed by atoms with Crippen molar-refractivity contribution in [2.75, 3.05) is 0 Å². The van der Waals surface area contributed by atoms with Gasteiger partial charge >= 0.3 is 0 Å². The van der Waals surface area contributed by atoms with Crippen LogP contribution in [0.4, 0.5) is 5.69 Å². The summed E-state index contributed by atoms with van der Waals surface area (Å²) in [5.41, 5.74) is 6.43. The second-order valence-electron chi connectivity index (χ2n) is 5.58. The number of aromatic nitrogens is 2. The average Bonchev–Trinajstić information content (AvgIpc) is 3.11. The molecule has 0 amide bonds. The molecular weight excluding hydrogens is 308 g/mol. The van der Waals surface area contributed by atoms with Crippen molar-refractivity contribution < 1.29 is 9.45 Å². The van der Waals surface area contributed by atoms with Crippen LogP contribution >= 0.6 is 11.6 Å². The molecule has 1 aromatic heterocycles. The van der Waals surface area contributed by atoms with E-state index in [1.54, 1.807) is 6.07 Å². The molecule has 1 aromatic carbocycles. The lowest BCUT2D eigenvalue weighted by Crippen LogP contribution is -2.34. The van der Waals surface area contributed by atoms with Gasteiger partial charge in [-0.2, -0.15) is 4.98 Å². The maximum Gasteiger partial charge on any atom is 0.270 e. The van der Waals surface area contributed by atoms with Crippen molar-refractivity contribution in [1.82, 2.24) is 10.1 Å². The number of rotatable bonds is 4. The first-order valence-corrected chi connectivity index (χ1v) is 7.40. The van der Waals surface area contributed by atoms with Gasteiger partial charge in [0.15, 0.2) is 5.82 Å². The van der Waals surface area contributed by atoms with E-state index in [2.05, 4.69) is 10.1 Å². The van der Waals surface area contributed by atoms with E-state index in [1.807, 2.05) is 0 Å². The van der Waals surface area contributed by atoms with Crippen LogP contribution < -0.4 is 5.73 Å². The molecular formula is C14H15ClN4O3. The van der Waals surface area contributed by atoms with Crippen molar-refractivity contribution in [1.29, 1.82) is 0 Å². The molecule has 1 saturated carbocycles. The standard InChI is InChI=1S/C14H15ClN4O3/c15-11-8-10(19(20)21)4-3-9(11)7-12-17-13(18-22-12)14(16)5-1-2-6-14/h3-4,8H,1-2,5-7,16H2. The number of nitro benzene ring substituents is 1. The predicted molar refractivity (Wildman–Crippen MR) is 79.5 cm³/mol. The minimum absolute atomic E-state index is 0.0492. The van der Waals surface area contributed by atoms with E-state index in [0.29, 0.717) is 28.7 Å². The Kier molecular flexibility index (Phi) is 3.84. The molecule has 0 radical (unpaired) electrons. The van der Waals surface area contributed by atoms with Crippen molar-refractivity contribution in [3.63, 3.8) is 0 Å². The topological polar surface area (TPSA) is 108 Å². The predicted octanol–water partition coefficient (Wildman–Crippen LogP) is 2.95. The van der Waals surface area contributed by atoms with Crippen molar-refractivity contribution in [2.45, 2.75) is 37.6 Å². The fourth-order valence-electron chi connectivity index (χ4n) is 2.71. The lowest BCUT2D eigenvalue weighted by molar-refractivity contribution is -0.384. The van der Waals surface area contributed by atoms with E-state index in [4.69, 9.17) is 21.9 Å². The summed E-state index contributed by atoms with van der Waals surface area (Å²) < 4.78 is 5.25. The van der Waals surface area contributed by atoms with Gasteiger partial charge in [0.2, 0.25) is 5.89 Å². The number of non-ortho nitro benzene ring substituents is 1. The summed E-state index contributed by atoms with van der Waals surface area (Å²) in [5, 5.41) is 15.0. The smallest absolute Gasteiger partial charge is 0.270 e. The molecule has 0 aliphatic heterocycles. The van der Waals surface area contributed by atoms with Crippen LogP contribution in [0, 0.1) is 10.1 Å². The summed E-state index contributed by atoms with van der Waals surface area (Å²) in [7, 11) is 0. The van der Waals surface area contributed by atoms with Crippen LogP contribution in [0.5, 0.6) is 0 Å². The Balaban J connectivity index is 1.79. The van der Waals surface area contributed by atoms with Crippen LogP contribution in [0.15, 0.2) is 22.7 Å². The summed E-state index contributed by atoms with van der Waals surface area (Å²) in [6.07, 6.45) is 4.15. The molecule has 1 fully saturated rings. The fourth-order valence-corrected chi connectivity index (χ4v) is 2.96. The molecule has 116 valence electrons. The largest absolute Gasteiger partial charge is 0.339 e. The van der Waals surface area contributed by atoms with E-state index in [9.17, 15) is 10.1 Å². The zero-order chi connectivity index (χ0) is 15.7. The number of nitrogens with zero attached hydrogens (tertiary/aromatic N) is 3. The first kappa shape index (κ1) is 14.9. The lowest BCUT2D eigenvalue weighted by Gasteiger charge is -2.17. The Labute approximate surface area is 131 Å². The third-order valence-corrected chi connectivity index (χ3v) is 4.35. The lowest BCUT2D eigenvalue weighted by atomic mass is 9.99. The zero-order valence-corrected chi connectivity index (χ0v) is 12.5. The molecule has 2 N–H and O–H groups in total. The molecule has 8 heteroatoms. The summed E-state index contributed by atoms with van der Waals surface area (Å²) in [6.45, 7) is 0. The second kappa shape index (κ2) is 5.66. The Morgan fingerprint density at radius 2 is 2.14 bits per heavy atom. The molecule has 0 unspecified atom stereocenters. The fraction of sp³-hybridized carbons (Fsp3) is 0.429. The van der Waals surface area contributed by atoms with Gasteiger partial charge in [0.25, 0.3) is 5.69 Å². The van der Waals surface area contributed by atoms with Gasteiger partial charge in [0.05, 0.1) is 21.9 Å². The molecule has 1 aliphatic carbocycles. The van der Waals surface area contributed by atoms with Gasteiger partial charge in [-0.3, -0.25) is 10.1 Å². The van der Waals surface area contributed by atoms with E-state index >= 15 is 0 Å². The third-order valence-electron chi connectivity index (χ3n) is 4.00. The molecule has 22 heavy (non-hydrogen) atoms. The van der Waals surface area contributed by atoms with E-state index in [0.717, 1.165) is 25.7 Å². The SMILES string of the molecule is NC1(c2noc(Cc3ccc([N+](=O)[O-])cc3Cl)n2)CCCC1. The Morgan fingerprint density at radius 3 is 2.77 bits per heavy atom. The van der Waals surface area contributed by atoms with Gasteiger partial charge in [-0.15, -0.1) is 0 Å². The van der Waals surface area contributed by atoms with Gasteiger partial charge < -0.3 is 10.3 Å². The molecule has 7 nitrogen and oxygen atoms in total. The Hall–Kier alpha value is -1.99. The number of hydrogen-bond acceptors (Lipinski definition) is 6. The van der Waals surface area contributed by atoms with Gasteiger partial charge in [-0.1, -0.05) is 35.7 Å². The van der Waals surface area contributed by atoms with Crippen LogP contribution in [0.25, 0.3) is 0 Å². The molecule has 2 aromatic rings. The summed E-state index contributed by atoms with van der Waals surface area (Å²) in [4.78, 5) is 14.6. The molecule has 0 atom stereocenters. The van der Waals surface area contributed by atoms with E-state index in [1.165, 1.54) is 12.1 Å². The minimum atomic E-state index is -0.499. The van der Waals surface area contributed by atoms with Gasteiger partial charge in [0, 0.05) is 12.1 Å². The van der Waals surface area contributed by atoms with Gasteiger partial charge in [0.1, 0.15) is 0 Å². The average molecular weight is 323 g/mol. The highest BCUT2D eigenvalue weighted by Gasteiger charge is 2.35. The zero-order valence-electron chi connectivity index (χ0n) is 11.8. The maximum atomic E-state index is 10.7. The Bertz CT molecular complexity index is 710. The monoisotopic (exact) mass is 322 g/mol. The van der Waals surface area contributed by atoms with Gasteiger partial charge in [-0.05, 0) is 18.4 Å². The van der Waals surface area contributed by atoms with Crippen LogP contribution in [0.2, 0.25) is 5.02 Å². The Morgan fingerprint density at radius 1 is 1.41 bits per heavy atom. The highest BCUT2D eigenvalue weighted by atomic mass is 35.5. The molecule has 1 aliphatic rings. The van der Waals surface area contributed by atoms with Gasteiger partial charge in [-0.25, -0.2) is 0 Å². The van der Waals surface area contributed by atoms with Crippen LogP contribution in [0.3, 0.4) is 0 Å². The molecule has 0 saturated heterocycles. The number of nitrogens with two attached hydrogens (primary N) is 1. The number of hydrogen-bond donors (Lipinski definition) is 1. The van der Waals surface area contributed by atoms with Crippen molar-refractivity contribution in [2.24, 2.45) is 5.73 Å². The van der Waals surface area contributed by atoms with Crippen molar-refractivity contribution in [3.8, 4) is 0 Å². The van der Waals surface area contributed by atoms with Crippen LogP contribution in [-0.2, 0) is 12.0 Å². The summed E-state index contributed by atoms with van der Waals surface area (Å²) >= 11 is 6.07. The molecule has 0 spiro atoms. The maximum absolute atomic E-state index is 10.7. The molecule has 1 heterocycles. The van der Waals surface area contributed by atoms with Crippen molar-refractivity contribution in [3.05, 3.63) is 50.6 Å². The van der Waals surface area contributed by atoms with E-state index in [-0.39, 0.29) is 5.69 Å². The number of benzene rings is 1. The minimum Gasteiger partial charge on any atom is -0.339 e. The normalized spacial score (nSPS) is 16.8. The first-order valence-electron chi connectivity index (χ1n) is 7.03. The second-order valence-corrected chi connectivity index (χ2v) is 5.99. The number of halogens is 1. The quantitative estimate of drug-likeness (QED) is 0.684. The van der Waals surface area contributed by atoms with Crippen molar-refractivity contribution >= 4 is 17.3 Å². The summed E-state index contributed by atoms with van der Waals surface area (Å²) in [6, 6.07) is 4.31. The van der Waals surface area contributed by atoms with E-state index < -0.39 is 10.5 Å².